The van der Waals surface area contributed by atoms with Crippen molar-refractivity contribution in [1.29, 1.82) is 0 Å². The summed E-state index contributed by atoms with van der Waals surface area (Å²) in [7, 11) is 0. The average Bonchev–Trinajstić information content (AvgIpc) is 3.11. The molecule has 0 aliphatic rings. The van der Waals surface area contributed by atoms with Crippen LogP contribution in [0.4, 0.5) is 0 Å². The summed E-state index contributed by atoms with van der Waals surface area (Å²) in [6.07, 6.45) is 7.61. The number of fused-ring (bicyclic) bond motifs is 3. The van der Waals surface area contributed by atoms with Gasteiger partial charge >= 0.3 is 0 Å². The minimum atomic E-state index is 0.628. The standard InChI is InChI=1S/C42H31N3/c1-3-4-7-16-29(2)40-43-41(31-19-10-6-11-20-31)45-42(44-40)35-26-33(30-17-8-5-9-18-30)25-34(27-35)39-28-32-21-12-13-22-36(32)37-23-14-15-24-38(37)39/h3-28H,1H2,2H3/b7-4-,29-16+. The molecule has 3 nitrogen and oxygen atoms in total. The predicted molar refractivity (Wildman–Crippen MR) is 190 cm³/mol. The van der Waals surface area contributed by atoms with Crippen LogP contribution in [0.5, 0.6) is 0 Å². The molecule has 0 amide bonds. The molecule has 0 aliphatic heterocycles. The third-order valence-corrected chi connectivity index (χ3v) is 7.99. The minimum Gasteiger partial charge on any atom is -0.209 e. The second kappa shape index (κ2) is 12.4. The van der Waals surface area contributed by atoms with Crippen LogP contribution in [0.3, 0.4) is 0 Å². The van der Waals surface area contributed by atoms with Gasteiger partial charge < -0.3 is 0 Å². The first-order chi connectivity index (χ1) is 22.2. The summed E-state index contributed by atoms with van der Waals surface area (Å²) in [5.74, 6) is 1.90. The van der Waals surface area contributed by atoms with E-state index in [2.05, 4.69) is 104 Å². The van der Waals surface area contributed by atoms with Gasteiger partial charge in [0.15, 0.2) is 17.5 Å². The van der Waals surface area contributed by atoms with E-state index in [1.54, 1.807) is 6.08 Å². The molecular formula is C42H31N3. The van der Waals surface area contributed by atoms with Gasteiger partial charge in [-0.1, -0.05) is 140 Å². The summed E-state index contributed by atoms with van der Waals surface area (Å²) in [5.41, 5.74) is 7.33. The molecule has 0 N–H and O–H groups in total. The molecular weight excluding hydrogens is 546 g/mol. The summed E-state index contributed by atoms with van der Waals surface area (Å²) >= 11 is 0. The molecule has 6 aromatic carbocycles. The molecule has 3 heteroatoms. The molecule has 0 unspecified atom stereocenters. The number of hydrogen-bond acceptors (Lipinski definition) is 3. The fourth-order valence-electron chi connectivity index (χ4n) is 5.75. The van der Waals surface area contributed by atoms with Gasteiger partial charge in [0.25, 0.3) is 0 Å². The molecule has 0 atom stereocenters. The van der Waals surface area contributed by atoms with E-state index < -0.39 is 0 Å². The lowest BCUT2D eigenvalue weighted by atomic mass is 9.90. The van der Waals surface area contributed by atoms with Crippen molar-refractivity contribution in [1.82, 2.24) is 15.0 Å². The van der Waals surface area contributed by atoms with Gasteiger partial charge in [-0.2, -0.15) is 0 Å². The van der Waals surface area contributed by atoms with Crippen LogP contribution in [0.25, 0.3) is 72.1 Å². The molecule has 0 saturated heterocycles. The Morgan fingerprint density at radius 2 is 1.09 bits per heavy atom. The molecule has 0 spiro atoms. The predicted octanol–water partition coefficient (Wildman–Crippen LogP) is 11.0. The maximum atomic E-state index is 5.05. The largest absolute Gasteiger partial charge is 0.209 e. The number of hydrogen-bond donors (Lipinski definition) is 0. The monoisotopic (exact) mass is 577 g/mol. The van der Waals surface area contributed by atoms with E-state index in [-0.39, 0.29) is 0 Å². The van der Waals surface area contributed by atoms with Crippen LogP contribution in [0.2, 0.25) is 0 Å². The molecule has 1 heterocycles. The molecule has 7 aromatic rings. The number of rotatable bonds is 7. The van der Waals surface area contributed by atoms with Crippen molar-refractivity contribution < 1.29 is 0 Å². The number of benzene rings is 6. The van der Waals surface area contributed by atoms with Crippen molar-refractivity contribution in [2.45, 2.75) is 6.92 Å². The highest BCUT2D eigenvalue weighted by Crippen LogP contribution is 2.38. The summed E-state index contributed by atoms with van der Waals surface area (Å²) in [5, 5.41) is 4.90. The Morgan fingerprint density at radius 3 is 1.82 bits per heavy atom. The average molecular weight is 578 g/mol. The Balaban J connectivity index is 1.50. The Bertz CT molecular complexity index is 2230. The van der Waals surface area contributed by atoms with Crippen LogP contribution in [-0.4, -0.2) is 15.0 Å². The molecule has 214 valence electrons. The van der Waals surface area contributed by atoms with Crippen LogP contribution < -0.4 is 0 Å². The normalized spacial score (nSPS) is 11.8. The smallest absolute Gasteiger partial charge is 0.164 e. The highest BCUT2D eigenvalue weighted by Gasteiger charge is 2.16. The third kappa shape index (κ3) is 5.72. The second-order valence-electron chi connectivity index (χ2n) is 11.0. The van der Waals surface area contributed by atoms with E-state index in [0.717, 1.165) is 33.4 Å². The lowest BCUT2D eigenvalue weighted by Gasteiger charge is -2.15. The minimum absolute atomic E-state index is 0.628. The van der Waals surface area contributed by atoms with Crippen molar-refractivity contribution in [3.63, 3.8) is 0 Å². The number of allylic oxidation sites excluding steroid dienone is 5. The zero-order valence-corrected chi connectivity index (χ0v) is 25.1. The zero-order valence-electron chi connectivity index (χ0n) is 25.1. The lowest BCUT2D eigenvalue weighted by Crippen LogP contribution is -2.02. The van der Waals surface area contributed by atoms with Crippen molar-refractivity contribution in [2.75, 3.05) is 0 Å². The van der Waals surface area contributed by atoms with E-state index in [1.807, 2.05) is 61.5 Å². The van der Waals surface area contributed by atoms with Gasteiger partial charge in [0.1, 0.15) is 0 Å². The van der Waals surface area contributed by atoms with Crippen molar-refractivity contribution >= 4 is 27.1 Å². The van der Waals surface area contributed by atoms with E-state index in [0.29, 0.717) is 17.5 Å². The Hall–Kier alpha value is -5.93. The zero-order chi connectivity index (χ0) is 30.6. The van der Waals surface area contributed by atoms with E-state index in [9.17, 15) is 0 Å². The van der Waals surface area contributed by atoms with Crippen LogP contribution in [0.15, 0.2) is 164 Å². The fraction of sp³-hybridized carbons (Fsp3) is 0.0238. The second-order valence-corrected chi connectivity index (χ2v) is 11.0. The number of aromatic nitrogens is 3. The molecule has 1 aromatic heterocycles. The Labute approximate surface area is 263 Å². The molecule has 7 rings (SSSR count). The third-order valence-electron chi connectivity index (χ3n) is 7.99. The van der Waals surface area contributed by atoms with E-state index in [1.165, 1.54) is 27.1 Å². The van der Waals surface area contributed by atoms with Crippen LogP contribution in [0, 0.1) is 0 Å². The van der Waals surface area contributed by atoms with Gasteiger partial charge in [-0.25, -0.2) is 15.0 Å². The first-order valence-corrected chi connectivity index (χ1v) is 15.1. The maximum Gasteiger partial charge on any atom is 0.164 e. The Morgan fingerprint density at radius 1 is 0.511 bits per heavy atom. The Kier molecular flexibility index (Phi) is 7.65. The van der Waals surface area contributed by atoms with Crippen molar-refractivity contribution in [3.05, 3.63) is 170 Å². The summed E-state index contributed by atoms with van der Waals surface area (Å²) in [4.78, 5) is 15.0. The fourth-order valence-corrected chi connectivity index (χ4v) is 5.75. The van der Waals surface area contributed by atoms with Crippen molar-refractivity contribution in [3.8, 4) is 45.0 Å². The lowest BCUT2D eigenvalue weighted by molar-refractivity contribution is 1.03. The van der Waals surface area contributed by atoms with Gasteiger partial charge in [-0.15, -0.1) is 0 Å². The molecule has 0 fully saturated rings. The van der Waals surface area contributed by atoms with Crippen LogP contribution >= 0.6 is 0 Å². The van der Waals surface area contributed by atoms with Gasteiger partial charge in [0, 0.05) is 11.1 Å². The van der Waals surface area contributed by atoms with Gasteiger partial charge in [0.05, 0.1) is 0 Å². The summed E-state index contributed by atoms with van der Waals surface area (Å²) < 4.78 is 0. The quantitative estimate of drug-likeness (QED) is 0.140. The first kappa shape index (κ1) is 27.9. The maximum absolute atomic E-state index is 5.05. The molecule has 0 bridgehead atoms. The number of nitrogens with zero attached hydrogens (tertiary/aromatic N) is 3. The van der Waals surface area contributed by atoms with Crippen molar-refractivity contribution in [2.24, 2.45) is 0 Å². The molecule has 0 radical (unpaired) electrons. The summed E-state index contributed by atoms with van der Waals surface area (Å²) in [6, 6.07) is 46.8. The molecule has 0 saturated carbocycles. The van der Waals surface area contributed by atoms with Crippen LogP contribution in [-0.2, 0) is 0 Å². The topological polar surface area (TPSA) is 38.7 Å². The van der Waals surface area contributed by atoms with Crippen LogP contribution in [0.1, 0.15) is 12.7 Å². The van der Waals surface area contributed by atoms with Gasteiger partial charge in [0.2, 0.25) is 0 Å². The summed E-state index contributed by atoms with van der Waals surface area (Å²) in [6.45, 7) is 5.80. The molecule has 0 aliphatic carbocycles. The molecule has 45 heavy (non-hydrogen) atoms. The first-order valence-electron chi connectivity index (χ1n) is 15.1. The van der Waals surface area contributed by atoms with Gasteiger partial charge in [-0.05, 0) is 80.6 Å². The van der Waals surface area contributed by atoms with E-state index >= 15 is 0 Å². The van der Waals surface area contributed by atoms with E-state index in [4.69, 9.17) is 15.0 Å². The SMILES string of the molecule is C=C/C=C\C=C(/C)c1nc(-c2ccccc2)nc(-c2cc(-c3ccccc3)cc(-c3cc4ccccc4c4ccccc34)c2)n1. The highest BCUT2D eigenvalue weighted by molar-refractivity contribution is 6.14. The van der Waals surface area contributed by atoms with Gasteiger partial charge in [-0.3, -0.25) is 0 Å². The highest BCUT2D eigenvalue weighted by atomic mass is 15.0.